The van der Waals surface area contributed by atoms with Crippen LogP contribution in [0.3, 0.4) is 0 Å². The molecule has 0 spiro atoms. The molecule has 2 rings (SSSR count). The maximum atomic E-state index is 13.2. The number of hydrogen-bond acceptors (Lipinski definition) is 2. The molecule has 0 bridgehead atoms. The summed E-state index contributed by atoms with van der Waals surface area (Å²) in [6, 6.07) is 13.7. The van der Waals surface area contributed by atoms with Gasteiger partial charge in [0, 0.05) is 20.0 Å². The van der Waals surface area contributed by atoms with Gasteiger partial charge in [-0.15, -0.1) is 0 Å². The lowest BCUT2D eigenvalue weighted by Gasteiger charge is -2.28. The Kier molecular flexibility index (Phi) is 7.73. The number of nitrogens with zero attached hydrogens (tertiary/aromatic N) is 1. The fraction of sp³-hybridized carbons (Fsp3) is 0.391. The molecule has 0 heterocycles. The number of carbonyl (C=O) groups excluding carboxylic acids is 2. The van der Waals surface area contributed by atoms with Crippen LogP contribution >= 0.6 is 0 Å². The molecule has 0 aromatic heterocycles. The number of hydrogen-bond donors (Lipinski definition) is 1. The summed E-state index contributed by atoms with van der Waals surface area (Å²) in [5, 5.41) is 2.59. The molecule has 0 unspecified atom stereocenters. The molecule has 0 fully saturated rings. The maximum Gasteiger partial charge on any atom is 0.242 e. The quantitative estimate of drug-likeness (QED) is 0.747. The van der Waals surface area contributed by atoms with Gasteiger partial charge in [-0.1, -0.05) is 50.2 Å². The van der Waals surface area contributed by atoms with Crippen molar-refractivity contribution in [1.29, 1.82) is 0 Å². The van der Waals surface area contributed by atoms with Crippen LogP contribution in [0.1, 0.15) is 49.8 Å². The summed E-state index contributed by atoms with van der Waals surface area (Å²) in [5.41, 5.74) is 3.14. The Bertz CT molecular complexity index is 785. The van der Waals surface area contributed by atoms with E-state index >= 15 is 0 Å². The first-order valence-corrected chi connectivity index (χ1v) is 9.66. The molecular formula is C23H29FN2O2. The van der Waals surface area contributed by atoms with E-state index in [2.05, 4.69) is 43.4 Å². The Hall–Kier alpha value is -2.69. The Morgan fingerprint density at radius 2 is 1.54 bits per heavy atom. The smallest absolute Gasteiger partial charge is 0.242 e. The van der Waals surface area contributed by atoms with E-state index in [9.17, 15) is 14.0 Å². The van der Waals surface area contributed by atoms with E-state index in [-0.39, 0.29) is 24.2 Å². The molecule has 2 aromatic rings. The third kappa shape index (κ3) is 5.91. The Morgan fingerprint density at radius 3 is 2.07 bits per heavy atom. The number of aryl methyl sites for hydroxylation is 1. The number of rotatable bonds is 8. The van der Waals surface area contributed by atoms with Crippen molar-refractivity contribution in [3.8, 4) is 0 Å². The van der Waals surface area contributed by atoms with Crippen LogP contribution in [-0.2, 0) is 22.6 Å². The molecule has 4 nitrogen and oxygen atoms in total. The Morgan fingerprint density at radius 1 is 0.964 bits per heavy atom. The predicted octanol–water partition coefficient (Wildman–Crippen LogP) is 4.05. The van der Waals surface area contributed by atoms with Crippen LogP contribution in [0.15, 0.2) is 48.5 Å². The minimum atomic E-state index is -0.606. The molecule has 2 aromatic carbocycles. The van der Waals surface area contributed by atoms with Crippen LogP contribution < -0.4 is 5.32 Å². The monoisotopic (exact) mass is 384 g/mol. The van der Waals surface area contributed by atoms with E-state index in [0.717, 1.165) is 11.1 Å². The van der Waals surface area contributed by atoms with Gasteiger partial charge in [-0.2, -0.15) is 0 Å². The van der Waals surface area contributed by atoms with Crippen molar-refractivity contribution in [2.75, 3.05) is 7.05 Å². The van der Waals surface area contributed by atoms with Gasteiger partial charge in [-0.05, 0) is 48.1 Å². The molecule has 0 aliphatic carbocycles. The van der Waals surface area contributed by atoms with Crippen molar-refractivity contribution in [1.82, 2.24) is 10.2 Å². The van der Waals surface area contributed by atoms with Gasteiger partial charge < -0.3 is 10.2 Å². The van der Waals surface area contributed by atoms with Gasteiger partial charge in [0.25, 0.3) is 0 Å². The fourth-order valence-corrected chi connectivity index (χ4v) is 3.04. The SMILES string of the molecule is CNC(=O)[C@@H](C)N(Cc1ccc(F)cc1)C(=O)CCc1ccc(C(C)C)cc1. The lowest BCUT2D eigenvalue weighted by molar-refractivity contribution is -0.140. The van der Waals surface area contributed by atoms with Gasteiger partial charge in [0.15, 0.2) is 0 Å². The highest BCUT2D eigenvalue weighted by Gasteiger charge is 2.25. The summed E-state index contributed by atoms with van der Waals surface area (Å²) in [4.78, 5) is 26.6. The summed E-state index contributed by atoms with van der Waals surface area (Å²) in [7, 11) is 1.55. The minimum absolute atomic E-state index is 0.103. The molecule has 5 heteroatoms. The lowest BCUT2D eigenvalue weighted by atomic mass is 10.00. The highest BCUT2D eigenvalue weighted by molar-refractivity contribution is 5.87. The molecule has 0 radical (unpaired) electrons. The second-order valence-corrected chi connectivity index (χ2v) is 7.33. The van der Waals surface area contributed by atoms with Gasteiger partial charge in [0.05, 0.1) is 0 Å². The third-order valence-corrected chi connectivity index (χ3v) is 4.95. The molecule has 0 saturated heterocycles. The van der Waals surface area contributed by atoms with Crippen LogP contribution in [0.2, 0.25) is 0 Å². The van der Waals surface area contributed by atoms with Crippen molar-refractivity contribution in [3.63, 3.8) is 0 Å². The second-order valence-electron chi connectivity index (χ2n) is 7.33. The molecular weight excluding hydrogens is 355 g/mol. The zero-order valence-electron chi connectivity index (χ0n) is 17.0. The lowest BCUT2D eigenvalue weighted by Crippen LogP contribution is -2.46. The van der Waals surface area contributed by atoms with E-state index in [0.29, 0.717) is 18.8 Å². The molecule has 0 aliphatic heterocycles. The average Bonchev–Trinajstić information content (AvgIpc) is 2.70. The first-order valence-electron chi connectivity index (χ1n) is 9.66. The zero-order valence-corrected chi connectivity index (χ0v) is 17.0. The number of halogens is 1. The number of amides is 2. The average molecular weight is 384 g/mol. The van der Waals surface area contributed by atoms with Crippen molar-refractivity contribution in [2.24, 2.45) is 0 Å². The first-order chi connectivity index (χ1) is 13.3. The minimum Gasteiger partial charge on any atom is -0.357 e. The van der Waals surface area contributed by atoms with E-state index < -0.39 is 6.04 Å². The summed E-state index contributed by atoms with van der Waals surface area (Å²) < 4.78 is 13.2. The third-order valence-electron chi connectivity index (χ3n) is 4.95. The van der Waals surface area contributed by atoms with Gasteiger partial charge >= 0.3 is 0 Å². The first kappa shape index (κ1) is 21.6. The standard InChI is InChI=1S/C23H29FN2O2/c1-16(2)20-10-5-18(6-11-20)9-14-22(27)26(17(3)23(28)25-4)15-19-7-12-21(24)13-8-19/h5-8,10-13,16-17H,9,14-15H2,1-4H3,(H,25,28)/t17-/m1/s1. The van der Waals surface area contributed by atoms with Gasteiger partial charge in [0.1, 0.15) is 11.9 Å². The maximum absolute atomic E-state index is 13.2. The van der Waals surface area contributed by atoms with Crippen LogP contribution in [0, 0.1) is 5.82 Å². The normalized spacial score (nSPS) is 11.9. The summed E-state index contributed by atoms with van der Waals surface area (Å²) in [5.74, 6) is -0.189. The van der Waals surface area contributed by atoms with Gasteiger partial charge in [0.2, 0.25) is 11.8 Å². The van der Waals surface area contributed by atoms with Crippen LogP contribution in [0.4, 0.5) is 4.39 Å². The summed E-state index contributed by atoms with van der Waals surface area (Å²) in [6.45, 7) is 6.26. The number of benzene rings is 2. The second kappa shape index (κ2) is 10.0. The van der Waals surface area contributed by atoms with E-state index in [4.69, 9.17) is 0 Å². The molecule has 2 amide bonds. The summed E-state index contributed by atoms with van der Waals surface area (Å²) >= 11 is 0. The highest BCUT2D eigenvalue weighted by atomic mass is 19.1. The topological polar surface area (TPSA) is 49.4 Å². The van der Waals surface area contributed by atoms with Gasteiger partial charge in [-0.3, -0.25) is 9.59 Å². The fourth-order valence-electron chi connectivity index (χ4n) is 3.04. The Balaban J connectivity index is 2.09. The van der Waals surface area contributed by atoms with Crippen LogP contribution in [-0.4, -0.2) is 29.8 Å². The molecule has 0 saturated carbocycles. The van der Waals surface area contributed by atoms with Crippen molar-refractivity contribution in [2.45, 2.75) is 52.1 Å². The van der Waals surface area contributed by atoms with Crippen LogP contribution in [0.5, 0.6) is 0 Å². The number of carbonyl (C=O) groups is 2. The number of likely N-dealkylation sites (N-methyl/N-ethyl adjacent to an activating group) is 1. The predicted molar refractivity (Wildman–Crippen MR) is 109 cm³/mol. The molecule has 28 heavy (non-hydrogen) atoms. The zero-order chi connectivity index (χ0) is 20.7. The molecule has 1 atom stereocenters. The largest absolute Gasteiger partial charge is 0.357 e. The van der Waals surface area contributed by atoms with Crippen molar-refractivity contribution >= 4 is 11.8 Å². The highest BCUT2D eigenvalue weighted by Crippen LogP contribution is 2.17. The van der Waals surface area contributed by atoms with Crippen molar-refractivity contribution < 1.29 is 14.0 Å². The van der Waals surface area contributed by atoms with Crippen LogP contribution in [0.25, 0.3) is 0 Å². The van der Waals surface area contributed by atoms with Crippen molar-refractivity contribution in [3.05, 3.63) is 71.0 Å². The van der Waals surface area contributed by atoms with E-state index in [1.165, 1.54) is 17.7 Å². The number of nitrogens with one attached hydrogen (secondary N) is 1. The molecule has 1 N–H and O–H groups in total. The van der Waals surface area contributed by atoms with E-state index in [1.807, 2.05) is 0 Å². The molecule has 0 aliphatic rings. The summed E-state index contributed by atoms with van der Waals surface area (Å²) in [6.07, 6.45) is 0.918. The molecule has 150 valence electrons. The Labute approximate surface area is 166 Å². The van der Waals surface area contributed by atoms with Gasteiger partial charge in [-0.25, -0.2) is 4.39 Å². The van der Waals surface area contributed by atoms with E-state index in [1.54, 1.807) is 31.0 Å².